The fourth-order valence-corrected chi connectivity index (χ4v) is 4.70. The largest absolute Gasteiger partial charge is 0.493 e. The Labute approximate surface area is 206 Å². The normalized spacial score (nSPS) is 16.3. The number of thioether (sulfide) groups is 1. The highest BCUT2D eigenvalue weighted by Crippen LogP contribution is 2.37. The zero-order valence-electron chi connectivity index (χ0n) is 19.3. The van der Waals surface area contributed by atoms with Crippen molar-refractivity contribution in [2.45, 2.75) is 13.0 Å². The van der Waals surface area contributed by atoms with Crippen molar-refractivity contribution in [3.8, 4) is 11.5 Å². The number of para-hydroxylation sites is 1. The zero-order valence-corrected chi connectivity index (χ0v) is 20.1. The maximum absolute atomic E-state index is 13.0. The molecule has 3 amide bonds. The number of carbonyl (C=O) groups excluding carboxylic acids is 4. The van der Waals surface area contributed by atoms with Gasteiger partial charge in [-0.25, -0.2) is 4.79 Å². The van der Waals surface area contributed by atoms with Crippen LogP contribution in [0.4, 0.5) is 4.79 Å². The van der Waals surface area contributed by atoms with Crippen molar-refractivity contribution in [3.05, 3.63) is 64.1 Å². The minimum atomic E-state index is -0.582. The van der Waals surface area contributed by atoms with Crippen LogP contribution in [-0.2, 0) is 32.1 Å². The molecule has 2 aromatic rings. The second-order valence-electron chi connectivity index (χ2n) is 7.85. The number of nitrogens with zero attached hydrogens (tertiary/aromatic N) is 2. The first-order chi connectivity index (χ1) is 16.9. The smallest absolute Gasteiger partial charge is 0.343 e. The number of methoxy groups -OCH3 is 2. The van der Waals surface area contributed by atoms with Gasteiger partial charge in [-0.15, -0.1) is 0 Å². The predicted molar refractivity (Wildman–Crippen MR) is 129 cm³/mol. The summed E-state index contributed by atoms with van der Waals surface area (Å²) in [5.41, 5.74) is 2.71. The highest BCUT2D eigenvalue weighted by molar-refractivity contribution is 8.18. The summed E-state index contributed by atoms with van der Waals surface area (Å²) in [5.74, 6) is -0.849. The first kappa shape index (κ1) is 24.3. The fourth-order valence-electron chi connectivity index (χ4n) is 3.87. The SMILES string of the molecule is COC(=O)COc1c(/C=C2/SC(=O)N(CC(=O)N3CCc4ccccc4C3)C2=O)cccc1OC. The molecule has 2 heterocycles. The number of amides is 3. The Kier molecular flexibility index (Phi) is 7.40. The van der Waals surface area contributed by atoms with Crippen LogP contribution in [0, 0.1) is 0 Å². The lowest BCUT2D eigenvalue weighted by Crippen LogP contribution is -2.44. The maximum atomic E-state index is 13.0. The fraction of sp³-hybridized carbons (Fsp3) is 0.280. The first-order valence-electron chi connectivity index (χ1n) is 10.9. The highest BCUT2D eigenvalue weighted by Gasteiger charge is 2.37. The first-order valence-corrected chi connectivity index (χ1v) is 11.7. The van der Waals surface area contributed by atoms with Crippen molar-refractivity contribution in [3.63, 3.8) is 0 Å². The lowest BCUT2D eigenvalue weighted by molar-refractivity contribution is -0.143. The molecule has 1 fully saturated rings. The van der Waals surface area contributed by atoms with Crippen LogP contribution >= 0.6 is 11.8 Å². The van der Waals surface area contributed by atoms with Crippen molar-refractivity contribution in [2.75, 3.05) is 33.9 Å². The average Bonchev–Trinajstić information content (AvgIpc) is 3.14. The molecule has 35 heavy (non-hydrogen) atoms. The molecule has 1 saturated heterocycles. The Morgan fingerprint density at radius 2 is 1.83 bits per heavy atom. The zero-order chi connectivity index (χ0) is 24.9. The molecule has 2 aliphatic heterocycles. The molecular formula is C25H24N2O7S. The minimum Gasteiger partial charge on any atom is -0.493 e. The number of esters is 1. The molecule has 0 atom stereocenters. The van der Waals surface area contributed by atoms with Crippen LogP contribution in [0.2, 0.25) is 0 Å². The standard InChI is InChI=1S/C25H24N2O7S/c1-32-19-9-5-8-17(23(19)34-15-22(29)33-2)12-20-24(30)27(25(31)35-20)14-21(28)26-11-10-16-6-3-4-7-18(16)13-26/h3-9,12H,10-11,13-15H2,1-2H3/b20-12+. The van der Waals surface area contributed by atoms with Gasteiger partial charge in [-0.1, -0.05) is 36.4 Å². The maximum Gasteiger partial charge on any atom is 0.343 e. The van der Waals surface area contributed by atoms with E-state index in [4.69, 9.17) is 9.47 Å². The second-order valence-corrected chi connectivity index (χ2v) is 8.84. The van der Waals surface area contributed by atoms with Crippen LogP contribution < -0.4 is 9.47 Å². The third-order valence-electron chi connectivity index (χ3n) is 5.73. The molecule has 0 N–H and O–H groups in total. The number of rotatable bonds is 7. The van der Waals surface area contributed by atoms with E-state index in [1.807, 2.05) is 24.3 Å². The summed E-state index contributed by atoms with van der Waals surface area (Å²) in [7, 11) is 2.69. The Morgan fingerprint density at radius 3 is 2.57 bits per heavy atom. The van der Waals surface area contributed by atoms with Gasteiger partial charge >= 0.3 is 5.97 Å². The van der Waals surface area contributed by atoms with Gasteiger partial charge in [0.2, 0.25) is 5.91 Å². The number of hydrogen-bond acceptors (Lipinski definition) is 8. The second kappa shape index (κ2) is 10.6. The van der Waals surface area contributed by atoms with Gasteiger partial charge in [0, 0.05) is 18.7 Å². The molecule has 0 unspecified atom stereocenters. The van der Waals surface area contributed by atoms with E-state index in [1.54, 1.807) is 23.1 Å². The highest BCUT2D eigenvalue weighted by atomic mass is 32.2. The number of ether oxygens (including phenoxy) is 3. The molecule has 9 nitrogen and oxygen atoms in total. The van der Waals surface area contributed by atoms with Gasteiger partial charge in [-0.2, -0.15) is 0 Å². The molecule has 182 valence electrons. The van der Waals surface area contributed by atoms with E-state index in [1.165, 1.54) is 25.9 Å². The van der Waals surface area contributed by atoms with E-state index in [2.05, 4.69) is 4.74 Å². The third kappa shape index (κ3) is 5.32. The van der Waals surface area contributed by atoms with E-state index in [-0.39, 0.29) is 29.7 Å². The molecule has 0 bridgehead atoms. The molecule has 0 aromatic heterocycles. The molecule has 4 rings (SSSR count). The van der Waals surface area contributed by atoms with Gasteiger partial charge in [-0.3, -0.25) is 19.3 Å². The third-order valence-corrected chi connectivity index (χ3v) is 6.64. The summed E-state index contributed by atoms with van der Waals surface area (Å²) in [5, 5.41) is -0.521. The number of fused-ring (bicyclic) bond motifs is 1. The molecular weight excluding hydrogens is 472 g/mol. The van der Waals surface area contributed by atoms with Gasteiger partial charge in [0.05, 0.1) is 19.1 Å². The van der Waals surface area contributed by atoms with Gasteiger partial charge in [-0.05, 0) is 41.5 Å². The van der Waals surface area contributed by atoms with Gasteiger partial charge in [0.25, 0.3) is 11.1 Å². The predicted octanol–water partition coefficient (Wildman–Crippen LogP) is 2.87. The Morgan fingerprint density at radius 1 is 1.06 bits per heavy atom. The summed E-state index contributed by atoms with van der Waals surface area (Å²) < 4.78 is 15.5. The molecule has 0 spiro atoms. The van der Waals surface area contributed by atoms with E-state index in [9.17, 15) is 19.2 Å². The number of carbonyl (C=O) groups is 4. The van der Waals surface area contributed by atoms with Crippen LogP contribution in [0.15, 0.2) is 47.4 Å². The van der Waals surface area contributed by atoms with E-state index >= 15 is 0 Å². The minimum absolute atomic E-state index is 0.142. The number of imide groups is 1. The van der Waals surface area contributed by atoms with Crippen molar-refractivity contribution >= 4 is 40.9 Å². The van der Waals surface area contributed by atoms with Crippen molar-refractivity contribution in [1.82, 2.24) is 9.80 Å². The summed E-state index contributed by atoms with van der Waals surface area (Å²) in [6.07, 6.45) is 2.22. The lowest BCUT2D eigenvalue weighted by atomic mass is 10.00. The number of benzene rings is 2. The summed E-state index contributed by atoms with van der Waals surface area (Å²) >= 11 is 0.745. The van der Waals surface area contributed by atoms with Crippen LogP contribution in [0.1, 0.15) is 16.7 Å². The average molecular weight is 497 g/mol. The Bertz CT molecular complexity index is 1210. The van der Waals surface area contributed by atoms with Gasteiger partial charge in [0.1, 0.15) is 6.54 Å². The monoisotopic (exact) mass is 496 g/mol. The van der Waals surface area contributed by atoms with E-state index < -0.39 is 17.1 Å². The quantitative estimate of drug-likeness (QED) is 0.426. The summed E-state index contributed by atoms with van der Waals surface area (Å²) in [4.78, 5) is 52.8. The van der Waals surface area contributed by atoms with Crippen molar-refractivity contribution in [1.29, 1.82) is 0 Å². The summed E-state index contributed by atoms with van der Waals surface area (Å²) in [6.45, 7) is 0.305. The molecule has 0 aliphatic carbocycles. The van der Waals surface area contributed by atoms with Crippen LogP contribution in [0.3, 0.4) is 0 Å². The molecule has 10 heteroatoms. The van der Waals surface area contributed by atoms with Crippen molar-refractivity contribution < 1.29 is 33.4 Å². The van der Waals surface area contributed by atoms with Crippen LogP contribution in [0.25, 0.3) is 6.08 Å². The van der Waals surface area contributed by atoms with E-state index in [0.717, 1.165) is 28.6 Å². The lowest BCUT2D eigenvalue weighted by Gasteiger charge is -2.29. The van der Waals surface area contributed by atoms with Crippen molar-refractivity contribution in [2.24, 2.45) is 0 Å². The van der Waals surface area contributed by atoms with Crippen LogP contribution in [-0.4, -0.2) is 66.7 Å². The Hall–Kier alpha value is -3.79. The molecule has 0 saturated carbocycles. The topological polar surface area (TPSA) is 102 Å². The van der Waals surface area contributed by atoms with Gasteiger partial charge < -0.3 is 19.1 Å². The van der Waals surface area contributed by atoms with Gasteiger partial charge in [0.15, 0.2) is 18.1 Å². The molecule has 0 radical (unpaired) electrons. The van der Waals surface area contributed by atoms with E-state index in [0.29, 0.717) is 24.4 Å². The van der Waals surface area contributed by atoms with Crippen LogP contribution in [0.5, 0.6) is 11.5 Å². The molecule has 2 aromatic carbocycles. The Balaban J connectivity index is 1.49. The number of hydrogen-bond donors (Lipinski definition) is 0. The molecule has 2 aliphatic rings. The summed E-state index contributed by atoms with van der Waals surface area (Å²) in [6, 6.07) is 12.9.